The second-order valence-corrected chi connectivity index (χ2v) is 5.53. The van der Waals surface area contributed by atoms with Crippen LogP contribution in [-0.4, -0.2) is 11.8 Å². The van der Waals surface area contributed by atoms with Gasteiger partial charge in [0.2, 0.25) is 11.8 Å². The number of hydrogen-bond acceptors (Lipinski definition) is 4. The van der Waals surface area contributed by atoms with E-state index in [-0.39, 0.29) is 6.54 Å². The van der Waals surface area contributed by atoms with Crippen LogP contribution in [0.2, 0.25) is 0 Å². The van der Waals surface area contributed by atoms with Gasteiger partial charge in [0, 0.05) is 5.69 Å². The number of nitrogens with zero attached hydrogens (tertiary/aromatic N) is 1. The molecule has 1 aromatic carbocycles. The minimum atomic E-state index is -1.27. The fourth-order valence-electron chi connectivity index (χ4n) is 1.86. The lowest BCUT2D eigenvalue weighted by Gasteiger charge is -2.22. The van der Waals surface area contributed by atoms with Crippen molar-refractivity contribution in [1.29, 1.82) is 5.26 Å². The van der Waals surface area contributed by atoms with Crippen molar-refractivity contribution < 1.29 is 14.0 Å². The van der Waals surface area contributed by atoms with Crippen molar-refractivity contribution in [3.63, 3.8) is 0 Å². The summed E-state index contributed by atoms with van der Waals surface area (Å²) in [5, 5.41) is 14.2. The zero-order chi connectivity index (χ0) is 16.9. The van der Waals surface area contributed by atoms with Crippen molar-refractivity contribution in [1.82, 2.24) is 5.32 Å². The van der Waals surface area contributed by atoms with Gasteiger partial charge in [-0.25, -0.2) is 0 Å². The minimum absolute atomic E-state index is 0.215. The largest absolute Gasteiger partial charge is 0.467 e. The SMILES string of the molecule is CC(C)(C(=O)NCc1ccco1)C(=O)Nc1cccc(C#N)c1. The lowest BCUT2D eigenvalue weighted by molar-refractivity contribution is -0.138. The van der Waals surface area contributed by atoms with Crippen LogP contribution in [0.5, 0.6) is 0 Å². The molecule has 118 valence electrons. The Morgan fingerprint density at radius 2 is 2.00 bits per heavy atom. The molecule has 0 saturated heterocycles. The van der Waals surface area contributed by atoms with Gasteiger partial charge < -0.3 is 15.1 Å². The van der Waals surface area contributed by atoms with E-state index in [0.29, 0.717) is 17.0 Å². The molecule has 2 N–H and O–H groups in total. The first-order valence-electron chi connectivity index (χ1n) is 7.06. The van der Waals surface area contributed by atoms with Crippen molar-refractivity contribution in [2.45, 2.75) is 20.4 Å². The number of carbonyl (C=O) groups excluding carboxylic acids is 2. The summed E-state index contributed by atoms with van der Waals surface area (Å²) in [6.45, 7) is 3.29. The van der Waals surface area contributed by atoms with Gasteiger partial charge >= 0.3 is 0 Å². The Morgan fingerprint density at radius 1 is 1.22 bits per heavy atom. The molecule has 23 heavy (non-hydrogen) atoms. The van der Waals surface area contributed by atoms with Crippen LogP contribution in [0, 0.1) is 16.7 Å². The second-order valence-electron chi connectivity index (χ2n) is 5.53. The van der Waals surface area contributed by atoms with Crippen LogP contribution in [0.1, 0.15) is 25.2 Å². The Balaban J connectivity index is 2.00. The molecule has 0 atom stereocenters. The van der Waals surface area contributed by atoms with E-state index in [1.165, 1.54) is 20.1 Å². The number of benzene rings is 1. The van der Waals surface area contributed by atoms with Gasteiger partial charge in [-0.05, 0) is 44.2 Å². The molecule has 2 amide bonds. The molecule has 0 saturated carbocycles. The van der Waals surface area contributed by atoms with Gasteiger partial charge in [-0.1, -0.05) is 6.07 Å². The molecule has 2 aromatic rings. The highest BCUT2D eigenvalue weighted by atomic mass is 16.3. The van der Waals surface area contributed by atoms with Crippen LogP contribution < -0.4 is 10.6 Å². The standard InChI is InChI=1S/C17H17N3O3/c1-17(2,15(21)19-11-14-7-4-8-23-14)16(22)20-13-6-3-5-12(9-13)10-18/h3-9H,11H2,1-2H3,(H,19,21)(H,20,22). The van der Waals surface area contributed by atoms with Gasteiger partial charge in [-0.2, -0.15) is 5.26 Å². The van der Waals surface area contributed by atoms with E-state index in [1.807, 2.05) is 6.07 Å². The van der Waals surface area contributed by atoms with Gasteiger partial charge in [0.05, 0.1) is 24.4 Å². The number of nitriles is 1. The first-order chi connectivity index (χ1) is 10.9. The molecule has 1 aromatic heterocycles. The molecule has 2 rings (SSSR count). The maximum Gasteiger partial charge on any atom is 0.239 e. The summed E-state index contributed by atoms with van der Waals surface area (Å²) in [4.78, 5) is 24.6. The molecule has 0 unspecified atom stereocenters. The highest BCUT2D eigenvalue weighted by Gasteiger charge is 2.36. The van der Waals surface area contributed by atoms with E-state index >= 15 is 0 Å². The Hall–Kier alpha value is -3.07. The van der Waals surface area contributed by atoms with Crippen molar-refractivity contribution in [3.05, 3.63) is 54.0 Å². The van der Waals surface area contributed by atoms with E-state index in [1.54, 1.807) is 36.4 Å². The topological polar surface area (TPSA) is 95.1 Å². The molecular weight excluding hydrogens is 294 g/mol. The third-order valence-corrected chi connectivity index (χ3v) is 3.39. The monoisotopic (exact) mass is 311 g/mol. The highest BCUT2D eigenvalue weighted by Crippen LogP contribution is 2.20. The normalized spacial score (nSPS) is 10.7. The number of rotatable bonds is 5. The van der Waals surface area contributed by atoms with E-state index in [9.17, 15) is 9.59 Å². The summed E-state index contributed by atoms with van der Waals surface area (Å²) in [5.74, 6) is -0.261. The Bertz CT molecular complexity index is 743. The van der Waals surface area contributed by atoms with Crippen molar-refractivity contribution >= 4 is 17.5 Å². The molecule has 0 bridgehead atoms. The number of furan rings is 1. The predicted octanol–water partition coefficient (Wildman–Crippen LogP) is 2.43. The van der Waals surface area contributed by atoms with Crippen LogP contribution in [0.3, 0.4) is 0 Å². The maximum atomic E-state index is 12.4. The van der Waals surface area contributed by atoms with Crippen LogP contribution >= 0.6 is 0 Å². The fourth-order valence-corrected chi connectivity index (χ4v) is 1.86. The number of amides is 2. The average molecular weight is 311 g/mol. The third-order valence-electron chi connectivity index (χ3n) is 3.39. The number of nitrogens with one attached hydrogen (secondary N) is 2. The number of anilines is 1. The molecule has 6 heteroatoms. The summed E-state index contributed by atoms with van der Waals surface area (Å²) in [6, 6.07) is 12.0. The Morgan fingerprint density at radius 3 is 2.65 bits per heavy atom. The molecule has 0 spiro atoms. The van der Waals surface area contributed by atoms with Crippen LogP contribution in [0.15, 0.2) is 47.1 Å². The van der Waals surface area contributed by atoms with Crippen LogP contribution in [0.25, 0.3) is 0 Å². The molecule has 1 heterocycles. The predicted molar refractivity (Wildman–Crippen MR) is 84.1 cm³/mol. The van der Waals surface area contributed by atoms with Gasteiger partial charge in [0.1, 0.15) is 11.2 Å². The number of hydrogen-bond donors (Lipinski definition) is 2. The minimum Gasteiger partial charge on any atom is -0.467 e. The van der Waals surface area contributed by atoms with Gasteiger partial charge in [-0.3, -0.25) is 9.59 Å². The summed E-state index contributed by atoms with van der Waals surface area (Å²) in [6.07, 6.45) is 1.52. The Kier molecular flexibility index (Phi) is 4.82. The van der Waals surface area contributed by atoms with Gasteiger partial charge in [0.25, 0.3) is 0 Å². The summed E-state index contributed by atoms with van der Waals surface area (Å²) in [7, 11) is 0. The lowest BCUT2D eigenvalue weighted by atomic mass is 9.91. The summed E-state index contributed by atoms with van der Waals surface area (Å²) < 4.78 is 5.13. The van der Waals surface area contributed by atoms with E-state index in [2.05, 4.69) is 10.6 Å². The second kappa shape index (κ2) is 6.79. The van der Waals surface area contributed by atoms with Crippen molar-refractivity contribution in [3.8, 4) is 6.07 Å². The fraction of sp³-hybridized carbons (Fsp3) is 0.235. The molecule has 0 aliphatic carbocycles. The molecule has 0 aliphatic heterocycles. The molecular formula is C17H17N3O3. The molecule has 6 nitrogen and oxygen atoms in total. The van der Waals surface area contributed by atoms with Crippen LogP contribution in [-0.2, 0) is 16.1 Å². The zero-order valence-corrected chi connectivity index (χ0v) is 12.9. The maximum absolute atomic E-state index is 12.4. The molecule has 0 fully saturated rings. The Labute approximate surface area is 134 Å². The summed E-state index contributed by atoms with van der Waals surface area (Å²) in [5.41, 5.74) is -0.362. The number of carbonyl (C=O) groups is 2. The quantitative estimate of drug-likeness (QED) is 0.829. The molecule has 0 aliphatic rings. The smallest absolute Gasteiger partial charge is 0.239 e. The van der Waals surface area contributed by atoms with E-state index in [4.69, 9.17) is 9.68 Å². The van der Waals surface area contributed by atoms with Gasteiger partial charge in [0.15, 0.2) is 0 Å². The van der Waals surface area contributed by atoms with Crippen molar-refractivity contribution in [2.75, 3.05) is 5.32 Å². The molecule has 0 radical (unpaired) electrons. The van der Waals surface area contributed by atoms with Crippen LogP contribution in [0.4, 0.5) is 5.69 Å². The van der Waals surface area contributed by atoms with E-state index in [0.717, 1.165) is 0 Å². The first kappa shape index (κ1) is 16.3. The van der Waals surface area contributed by atoms with E-state index < -0.39 is 17.2 Å². The first-order valence-corrected chi connectivity index (χ1v) is 7.06. The summed E-state index contributed by atoms with van der Waals surface area (Å²) >= 11 is 0. The highest BCUT2D eigenvalue weighted by molar-refractivity contribution is 6.09. The zero-order valence-electron chi connectivity index (χ0n) is 12.9. The third kappa shape index (κ3) is 3.98. The average Bonchev–Trinajstić information content (AvgIpc) is 3.06. The van der Waals surface area contributed by atoms with Gasteiger partial charge in [-0.15, -0.1) is 0 Å². The van der Waals surface area contributed by atoms with Crippen molar-refractivity contribution in [2.24, 2.45) is 5.41 Å². The lowest BCUT2D eigenvalue weighted by Crippen LogP contribution is -2.44.